The van der Waals surface area contributed by atoms with Gasteiger partial charge in [-0.3, -0.25) is 29.4 Å². The minimum Gasteiger partial charge on any atom is -0.325 e. The number of nitro benzene ring substituents is 1. The van der Waals surface area contributed by atoms with E-state index in [-0.39, 0.29) is 16.2 Å². The summed E-state index contributed by atoms with van der Waals surface area (Å²) in [4.78, 5) is 48.5. The lowest BCUT2D eigenvalue weighted by Crippen LogP contribution is -2.36. The van der Waals surface area contributed by atoms with Crippen molar-refractivity contribution in [2.24, 2.45) is 0 Å². The van der Waals surface area contributed by atoms with E-state index in [1.54, 1.807) is 18.2 Å². The highest BCUT2D eigenvalue weighted by atomic mass is 32.2. The third-order valence-corrected chi connectivity index (χ3v) is 5.29. The number of aryl methyl sites for hydroxylation is 2. The van der Waals surface area contributed by atoms with E-state index in [4.69, 9.17) is 0 Å². The molecule has 3 rings (SSSR count). The maximum atomic E-state index is 12.6. The number of para-hydroxylation sites is 1. The first-order valence-electron chi connectivity index (χ1n) is 8.62. The smallest absolute Gasteiger partial charge is 0.294 e. The Kier molecular flexibility index (Phi) is 5.79. The Morgan fingerprint density at radius 3 is 2.59 bits per heavy atom. The van der Waals surface area contributed by atoms with Crippen LogP contribution in [0.4, 0.5) is 16.2 Å². The van der Waals surface area contributed by atoms with Crippen LogP contribution in [0.5, 0.6) is 0 Å². The maximum Gasteiger partial charge on any atom is 0.294 e. The van der Waals surface area contributed by atoms with Gasteiger partial charge in [-0.05, 0) is 61.0 Å². The van der Waals surface area contributed by atoms with Crippen LogP contribution in [0.2, 0.25) is 0 Å². The fourth-order valence-corrected chi connectivity index (χ4v) is 3.55. The van der Waals surface area contributed by atoms with E-state index in [9.17, 15) is 24.5 Å². The van der Waals surface area contributed by atoms with Gasteiger partial charge in [-0.1, -0.05) is 18.2 Å². The Morgan fingerprint density at radius 1 is 1.17 bits per heavy atom. The van der Waals surface area contributed by atoms with Crippen molar-refractivity contribution < 1.29 is 19.3 Å². The molecule has 2 aromatic rings. The molecule has 1 N–H and O–H groups in total. The van der Waals surface area contributed by atoms with E-state index in [2.05, 4.69) is 5.32 Å². The number of nitrogens with one attached hydrogen (secondary N) is 1. The van der Waals surface area contributed by atoms with Crippen LogP contribution in [0.3, 0.4) is 0 Å². The molecule has 0 aliphatic carbocycles. The van der Waals surface area contributed by atoms with Crippen LogP contribution < -0.4 is 5.32 Å². The number of thioether (sulfide) groups is 1. The molecule has 0 spiro atoms. The molecule has 1 heterocycles. The van der Waals surface area contributed by atoms with Gasteiger partial charge in [0.05, 0.1) is 15.4 Å². The first-order chi connectivity index (χ1) is 13.8. The topological polar surface area (TPSA) is 110 Å². The first-order valence-corrected chi connectivity index (χ1v) is 9.44. The number of nitrogens with zero attached hydrogens (tertiary/aromatic N) is 2. The number of rotatable bonds is 5. The molecular weight excluding hydrogens is 394 g/mol. The fraction of sp³-hybridized carbons (Fsp3) is 0.150. The Morgan fingerprint density at radius 2 is 1.90 bits per heavy atom. The predicted octanol–water partition coefficient (Wildman–Crippen LogP) is 3.89. The molecule has 0 unspecified atom stereocenters. The number of hydrogen-bond donors (Lipinski definition) is 1. The van der Waals surface area contributed by atoms with Gasteiger partial charge in [-0.2, -0.15) is 0 Å². The van der Waals surface area contributed by atoms with Crippen molar-refractivity contribution in [3.8, 4) is 0 Å². The molecule has 1 saturated heterocycles. The van der Waals surface area contributed by atoms with Crippen molar-refractivity contribution in [1.29, 1.82) is 0 Å². The van der Waals surface area contributed by atoms with Crippen molar-refractivity contribution in [3.63, 3.8) is 0 Å². The minimum atomic E-state index is -0.659. The molecule has 0 aromatic heterocycles. The van der Waals surface area contributed by atoms with Gasteiger partial charge in [0, 0.05) is 11.8 Å². The average molecular weight is 411 g/mol. The number of nitro groups is 1. The number of benzene rings is 2. The monoisotopic (exact) mass is 411 g/mol. The zero-order valence-electron chi connectivity index (χ0n) is 15.7. The fourth-order valence-electron chi connectivity index (χ4n) is 2.72. The summed E-state index contributed by atoms with van der Waals surface area (Å²) < 4.78 is 0. The van der Waals surface area contributed by atoms with Gasteiger partial charge in [0.2, 0.25) is 5.91 Å². The first kappa shape index (κ1) is 20.3. The van der Waals surface area contributed by atoms with Gasteiger partial charge in [-0.15, -0.1) is 0 Å². The van der Waals surface area contributed by atoms with Crippen LogP contribution >= 0.6 is 11.8 Å². The van der Waals surface area contributed by atoms with E-state index in [1.807, 2.05) is 19.9 Å². The number of carbonyl (C=O) groups is 3. The largest absolute Gasteiger partial charge is 0.325 e. The minimum absolute atomic E-state index is 0.0308. The highest BCUT2D eigenvalue weighted by Crippen LogP contribution is 2.33. The van der Waals surface area contributed by atoms with Crippen LogP contribution in [0.25, 0.3) is 6.08 Å². The second-order valence-electron chi connectivity index (χ2n) is 6.43. The number of anilines is 1. The molecule has 3 amide bonds. The third-order valence-electron chi connectivity index (χ3n) is 4.39. The molecular formula is C20H17N3O5S. The summed E-state index contributed by atoms with van der Waals surface area (Å²) in [5, 5.41) is 13.2. The van der Waals surface area contributed by atoms with Crippen LogP contribution in [0.1, 0.15) is 16.7 Å². The molecule has 1 aliphatic rings. The summed E-state index contributed by atoms with van der Waals surface area (Å²) >= 11 is 0.646. The van der Waals surface area contributed by atoms with Gasteiger partial charge in [0.1, 0.15) is 6.54 Å². The Labute approximate surface area is 170 Å². The molecule has 29 heavy (non-hydrogen) atoms. The van der Waals surface area contributed by atoms with Crippen molar-refractivity contribution >= 4 is 46.3 Å². The highest BCUT2D eigenvalue weighted by Gasteiger charge is 2.36. The molecule has 148 valence electrons. The summed E-state index contributed by atoms with van der Waals surface area (Å²) in [6.07, 6.45) is 1.30. The molecule has 9 heteroatoms. The van der Waals surface area contributed by atoms with Crippen molar-refractivity contribution in [2.75, 3.05) is 11.9 Å². The second kappa shape index (κ2) is 8.27. The maximum absolute atomic E-state index is 12.6. The summed E-state index contributed by atoms with van der Waals surface area (Å²) in [7, 11) is 0. The molecule has 2 aromatic carbocycles. The number of amides is 3. The molecule has 1 fully saturated rings. The molecule has 1 aliphatic heterocycles. The van der Waals surface area contributed by atoms with Gasteiger partial charge < -0.3 is 5.32 Å². The quantitative estimate of drug-likeness (QED) is 0.454. The molecule has 0 bridgehead atoms. The van der Waals surface area contributed by atoms with Crippen LogP contribution in [0.15, 0.2) is 47.4 Å². The molecule has 0 atom stereocenters. The number of carbonyl (C=O) groups excluding carboxylic acids is 3. The van der Waals surface area contributed by atoms with E-state index in [1.165, 1.54) is 24.3 Å². The molecule has 8 nitrogen and oxygen atoms in total. The normalized spacial score (nSPS) is 15.1. The van der Waals surface area contributed by atoms with E-state index < -0.39 is 28.5 Å². The van der Waals surface area contributed by atoms with Crippen molar-refractivity contribution in [2.45, 2.75) is 13.8 Å². The van der Waals surface area contributed by atoms with Gasteiger partial charge in [-0.25, -0.2) is 0 Å². The Bertz CT molecular complexity index is 1060. The zero-order chi connectivity index (χ0) is 21.1. The Balaban J connectivity index is 1.74. The summed E-state index contributed by atoms with van der Waals surface area (Å²) in [6.45, 7) is 3.42. The molecule has 0 saturated carbocycles. The lowest BCUT2D eigenvalue weighted by molar-refractivity contribution is -0.385. The second-order valence-corrected chi connectivity index (χ2v) is 7.42. The zero-order valence-corrected chi connectivity index (χ0v) is 16.5. The predicted molar refractivity (Wildman–Crippen MR) is 110 cm³/mol. The van der Waals surface area contributed by atoms with Crippen LogP contribution in [-0.4, -0.2) is 33.4 Å². The van der Waals surface area contributed by atoms with E-state index in [0.29, 0.717) is 17.4 Å². The lowest BCUT2D eigenvalue weighted by atomic mass is 10.1. The molecule has 0 radical (unpaired) electrons. The number of hydrogen-bond acceptors (Lipinski definition) is 6. The third kappa shape index (κ3) is 4.52. The average Bonchev–Trinajstić information content (AvgIpc) is 2.92. The highest BCUT2D eigenvalue weighted by molar-refractivity contribution is 8.18. The standard InChI is InChI=1S/C20H17N3O5S/c1-12-7-8-15(9-13(12)2)21-18(24)11-22-19(25)17(29-20(22)26)10-14-5-3-4-6-16(14)23(27)28/h3-10H,11H2,1-2H3,(H,21,24)/b17-10+. The summed E-state index contributed by atoms with van der Waals surface area (Å²) in [5.41, 5.74) is 2.69. The Hall–Kier alpha value is -3.46. The summed E-state index contributed by atoms with van der Waals surface area (Å²) in [5.74, 6) is -1.17. The van der Waals surface area contributed by atoms with Gasteiger partial charge in [0.15, 0.2) is 0 Å². The van der Waals surface area contributed by atoms with E-state index in [0.717, 1.165) is 16.0 Å². The van der Waals surface area contributed by atoms with Crippen molar-refractivity contribution in [3.05, 3.63) is 74.2 Å². The van der Waals surface area contributed by atoms with Crippen LogP contribution in [0, 0.1) is 24.0 Å². The van der Waals surface area contributed by atoms with E-state index >= 15 is 0 Å². The summed E-state index contributed by atoms with van der Waals surface area (Å²) in [6, 6.07) is 11.3. The van der Waals surface area contributed by atoms with Gasteiger partial charge in [0.25, 0.3) is 16.8 Å². The van der Waals surface area contributed by atoms with Crippen molar-refractivity contribution in [1.82, 2.24) is 4.90 Å². The van der Waals surface area contributed by atoms with Gasteiger partial charge >= 0.3 is 0 Å². The van der Waals surface area contributed by atoms with Crippen LogP contribution in [-0.2, 0) is 9.59 Å². The SMILES string of the molecule is Cc1ccc(NC(=O)CN2C(=O)S/C(=C/c3ccccc3[N+](=O)[O-])C2=O)cc1C. The number of imide groups is 1. The lowest BCUT2D eigenvalue weighted by Gasteiger charge is -2.13.